The van der Waals surface area contributed by atoms with Crippen LogP contribution in [0.25, 0.3) is 0 Å². The summed E-state index contributed by atoms with van der Waals surface area (Å²) in [6, 6.07) is 0. The number of hydrogen-bond donors (Lipinski definition) is 0. The van der Waals surface area contributed by atoms with Crippen molar-refractivity contribution < 1.29 is 117 Å². The summed E-state index contributed by atoms with van der Waals surface area (Å²) in [4.78, 5) is 114. The average Bonchev–Trinajstić information content (AvgIpc) is 3.41. The van der Waals surface area contributed by atoms with E-state index in [1.165, 1.54) is 0 Å². The van der Waals surface area contributed by atoms with Gasteiger partial charge < -0.3 is 9.47 Å². The maximum absolute atomic E-state index is 5.21. The molecule has 0 unspecified atom stereocenters. The quantitative estimate of drug-likeness (QED) is 0.0315. The largest absolute Gasteiger partial charge is 0.385 e. The highest BCUT2D eigenvalue weighted by Crippen LogP contribution is 2.03. The van der Waals surface area contributed by atoms with Crippen LogP contribution < -0.4 is 0 Å². The highest BCUT2D eigenvalue weighted by atomic mass is 17.2. The van der Waals surface area contributed by atoms with Crippen molar-refractivity contribution in [3.8, 4) is 0 Å². The first kappa shape index (κ1) is 73.0. The summed E-state index contributed by atoms with van der Waals surface area (Å²) in [6.07, 6.45) is 20.0. The van der Waals surface area contributed by atoms with Gasteiger partial charge in [0.2, 0.25) is 0 Å². The lowest BCUT2D eigenvalue weighted by atomic mass is 10.3. The first-order chi connectivity index (χ1) is 36.9. The molecular formula is C50H102O24. The van der Waals surface area contributed by atoms with Gasteiger partial charge in [0.1, 0.15) is 0 Å². The van der Waals surface area contributed by atoms with Gasteiger partial charge in [-0.3, -0.25) is 0 Å². The van der Waals surface area contributed by atoms with Crippen LogP contribution in [0.1, 0.15) is 154 Å². The summed E-state index contributed by atoms with van der Waals surface area (Å²) >= 11 is 0. The lowest BCUT2D eigenvalue weighted by molar-refractivity contribution is -0.311. The SMILES string of the molecule is COCCCCOOCCCCOOCCCCOOCCCCOOCCCCOOCCCCOOCCCCOOCCCCOOCCCCOOCCCCOOCCCCOOCCCCOC. The summed E-state index contributed by atoms with van der Waals surface area (Å²) in [7, 11) is 3.38. The number of ether oxygens (including phenoxy) is 2. The summed E-state index contributed by atoms with van der Waals surface area (Å²) in [6.45, 7) is 12.7. The van der Waals surface area contributed by atoms with Crippen LogP contribution >= 0.6 is 0 Å². The van der Waals surface area contributed by atoms with Gasteiger partial charge in [0.05, 0.1) is 145 Å². The molecule has 0 saturated heterocycles. The van der Waals surface area contributed by atoms with Crippen molar-refractivity contribution in [2.45, 2.75) is 154 Å². The normalized spacial score (nSPS) is 11.8. The van der Waals surface area contributed by atoms with Crippen LogP contribution in [0, 0.1) is 0 Å². The van der Waals surface area contributed by atoms with E-state index < -0.39 is 0 Å². The zero-order valence-electron chi connectivity index (χ0n) is 45.7. The fraction of sp³-hybridized carbons (Fsp3) is 1.00. The number of hydrogen-bond acceptors (Lipinski definition) is 24. The standard InChI is InChI=1S/C50H102O24/c1-51-27-3-5-29-53-55-31-7-9-33-57-59-35-11-13-37-61-63-39-15-17-41-65-67-43-19-21-45-69-71-47-23-25-49-73-74-50-26-24-48-72-70-46-22-20-44-68-66-42-18-16-40-64-62-38-14-12-36-60-58-34-10-8-32-56-54-30-6-4-28-52-2/h3-50H2,1-2H3. The van der Waals surface area contributed by atoms with E-state index in [1.54, 1.807) is 14.2 Å². The van der Waals surface area contributed by atoms with E-state index in [2.05, 4.69) is 0 Å². The van der Waals surface area contributed by atoms with E-state index in [4.69, 9.17) is 117 Å². The molecule has 24 heteroatoms. The topological polar surface area (TPSA) is 222 Å². The molecule has 0 fully saturated rings. The Kier molecular flexibility index (Phi) is 71.1. The molecule has 0 aromatic carbocycles. The lowest BCUT2D eigenvalue weighted by Gasteiger charge is -2.07. The third-order valence-electron chi connectivity index (χ3n) is 9.62. The van der Waals surface area contributed by atoms with Crippen LogP contribution in [0.2, 0.25) is 0 Å². The third kappa shape index (κ3) is 71.0. The number of methoxy groups -OCH3 is 2. The van der Waals surface area contributed by atoms with Gasteiger partial charge in [-0.15, -0.1) is 0 Å². The van der Waals surface area contributed by atoms with Crippen LogP contribution in [-0.2, 0) is 117 Å². The van der Waals surface area contributed by atoms with Crippen molar-refractivity contribution in [2.75, 3.05) is 173 Å². The average molecular weight is 1090 g/mol. The fourth-order valence-electron chi connectivity index (χ4n) is 5.33. The Labute approximate surface area is 443 Å². The van der Waals surface area contributed by atoms with Crippen LogP contribution in [-0.4, -0.2) is 173 Å². The maximum Gasteiger partial charge on any atom is 0.0823 e. The molecule has 0 aromatic heterocycles. The molecule has 0 radical (unpaired) electrons. The summed E-state index contributed by atoms with van der Waals surface area (Å²) < 4.78 is 9.96. The molecule has 74 heavy (non-hydrogen) atoms. The molecule has 0 aliphatic heterocycles. The van der Waals surface area contributed by atoms with Gasteiger partial charge in [0.25, 0.3) is 0 Å². The van der Waals surface area contributed by atoms with Crippen molar-refractivity contribution in [1.29, 1.82) is 0 Å². The maximum atomic E-state index is 5.21. The van der Waals surface area contributed by atoms with Gasteiger partial charge in [-0.1, -0.05) is 0 Å². The van der Waals surface area contributed by atoms with E-state index in [0.717, 1.165) is 167 Å². The minimum atomic E-state index is 0.489. The van der Waals surface area contributed by atoms with E-state index in [0.29, 0.717) is 145 Å². The van der Waals surface area contributed by atoms with Gasteiger partial charge >= 0.3 is 0 Å². The molecule has 0 amide bonds. The predicted octanol–water partition coefficient (Wildman–Crippen LogP) is 9.07. The van der Waals surface area contributed by atoms with E-state index >= 15 is 0 Å². The van der Waals surface area contributed by atoms with Crippen LogP contribution in [0.15, 0.2) is 0 Å². The molecular weight excluding hydrogens is 985 g/mol. The predicted molar refractivity (Wildman–Crippen MR) is 266 cm³/mol. The van der Waals surface area contributed by atoms with Crippen LogP contribution in [0.4, 0.5) is 0 Å². The Balaban J connectivity index is 3.07. The molecule has 0 spiro atoms. The molecule has 0 atom stereocenters. The van der Waals surface area contributed by atoms with Crippen molar-refractivity contribution in [3.05, 3.63) is 0 Å². The van der Waals surface area contributed by atoms with Gasteiger partial charge in [-0.05, 0) is 154 Å². The van der Waals surface area contributed by atoms with Gasteiger partial charge in [0, 0.05) is 27.4 Å². The number of rotatable bonds is 71. The first-order valence-corrected chi connectivity index (χ1v) is 27.6. The monoisotopic (exact) mass is 1090 g/mol. The van der Waals surface area contributed by atoms with E-state index in [1.807, 2.05) is 0 Å². The lowest BCUT2D eigenvalue weighted by Crippen LogP contribution is -2.05. The second-order valence-electron chi connectivity index (χ2n) is 16.6. The molecule has 24 nitrogen and oxygen atoms in total. The highest BCUT2D eigenvalue weighted by Gasteiger charge is 2.01. The Morgan fingerprint density at radius 2 is 0.176 bits per heavy atom. The molecule has 0 saturated carbocycles. The van der Waals surface area contributed by atoms with Crippen LogP contribution in [0.3, 0.4) is 0 Å². The van der Waals surface area contributed by atoms with Gasteiger partial charge in [0.15, 0.2) is 0 Å². The zero-order chi connectivity index (χ0) is 52.9. The van der Waals surface area contributed by atoms with E-state index in [-0.39, 0.29) is 0 Å². The van der Waals surface area contributed by atoms with Crippen molar-refractivity contribution in [2.24, 2.45) is 0 Å². The summed E-state index contributed by atoms with van der Waals surface area (Å²) in [5.74, 6) is 0. The molecule has 0 rings (SSSR count). The molecule has 0 aromatic rings. The second-order valence-corrected chi connectivity index (χ2v) is 16.6. The van der Waals surface area contributed by atoms with Gasteiger partial charge in [-0.25, -0.2) is 108 Å². The molecule has 0 N–H and O–H groups in total. The third-order valence-corrected chi connectivity index (χ3v) is 9.62. The smallest absolute Gasteiger partial charge is 0.0823 e. The minimum Gasteiger partial charge on any atom is -0.385 e. The second kappa shape index (κ2) is 72.0. The van der Waals surface area contributed by atoms with Crippen molar-refractivity contribution in [1.82, 2.24) is 0 Å². The molecule has 0 heterocycles. The first-order valence-electron chi connectivity index (χ1n) is 27.6. The molecule has 0 aliphatic rings. The molecule has 0 aliphatic carbocycles. The summed E-state index contributed by atoms with van der Waals surface area (Å²) in [5, 5.41) is 0. The summed E-state index contributed by atoms with van der Waals surface area (Å²) in [5.41, 5.74) is 0. The zero-order valence-corrected chi connectivity index (χ0v) is 45.7. The van der Waals surface area contributed by atoms with Gasteiger partial charge in [-0.2, -0.15) is 0 Å². The van der Waals surface area contributed by atoms with Crippen LogP contribution in [0.5, 0.6) is 0 Å². The Morgan fingerprint density at radius 1 is 0.108 bits per heavy atom. The highest BCUT2D eigenvalue weighted by molar-refractivity contribution is 4.42. The molecule has 446 valence electrons. The Bertz CT molecular complexity index is 884. The number of unbranched alkanes of at least 4 members (excludes halogenated alkanes) is 12. The van der Waals surface area contributed by atoms with Crippen molar-refractivity contribution >= 4 is 0 Å². The Morgan fingerprint density at radius 3 is 0.243 bits per heavy atom. The fourth-order valence-corrected chi connectivity index (χ4v) is 5.33. The Hall–Kier alpha value is -0.960. The van der Waals surface area contributed by atoms with E-state index in [9.17, 15) is 0 Å². The minimum absolute atomic E-state index is 0.489. The van der Waals surface area contributed by atoms with Crippen molar-refractivity contribution in [3.63, 3.8) is 0 Å². The molecule has 0 bridgehead atoms.